The number of halogens is 2. The van der Waals surface area contributed by atoms with Gasteiger partial charge in [0.1, 0.15) is 6.61 Å². The molecule has 1 fully saturated rings. The van der Waals surface area contributed by atoms with Gasteiger partial charge in [-0.15, -0.1) is 0 Å². The van der Waals surface area contributed by atoms with Crippen LogP contribution in [0.3, 0.4) is 0 Å². The largest absolute Gasteiger partial charge is 0.486 e. The summed E-state index contributed by atoms with van der Waals surface area (Å²) >= 11 is 13.7. The van der Waals surface area contributed by atoms with Gasteiger partial charge in [-0.05, 0) is 61.4 Å². The van der Waals surface area contributed by atoms with Gasteiger partial charge in [0, 0.05) is 6.04 Å². The summed E-state index contributed by atoms with van der Waals surface area (Å²) in [5, 5.41) is 0.431. The van der Waals surface area contributed by atoms with Crippen molar-refractivity contribution in [3.05, 3.63) is 68.0 Å². The highest BCUT2D eigenvalue weighted by atomic mass is 35.5. The van der Waals surface area contributed by atoms with Crippen molar-refractivity contribution in [3.8, 4) is 5.75 Å². The van der Waals surface area contributed by atoms with Crippen LogP contribution in [0.1, 0.15) is 37.0 Å². The van der Waals surface area contributed by atoms with Crippen molar-refractivity contribution in [3.63, 3.8) is 0 Å². The summed E-state index contributed by atoms with van der Waals surface area (Å²) < 4.78 is 5.82. The van der Waals surface area contributed by atoms with Crippen LogP contribution in [0.2, 0.25) is 10.0 Å². The molecule has 7 heteroatoms. The monoisotopic (exact) mass is 449 g/mol. The first-order valence-electron chi connectivity index (χ1n) is 9.24. The quantitative estimate of drug-likeness (QED) is 0.459. The molecule has 3 rings (SSSR count). The lowest BCUT2D eigenvalue weighted by atomic mass is 10.1. The number of hydrogen-bond acceptors (Lipinski definition) is 4. The number of rotatable bonds is 6. The van der Waals surface area contributed by atoms with Crippen molar-refractivity contribution < 1.29 is 14.3 Å². The number of ether oxygens (including phenoxy) is 1. The molecule has 152 valence electrons. The van der Waals surface area contributed by atoms with E-state index in [1.54, 1.807) is 18.2 Å². The number of thioether (sulfide) groups is 1. The molecule has 0 N–H and O–H groups in total. The van der Waals surface area contributed by atoms with E-state index in [-0.39, 0.29) is 17.2 Å². The molecule has 0 bridgehead atoms. The predicted octanol–water partition coefficient (Wildman–Crippen LogP) is 6.72. The van der Waals surface area contributed by atoms with Gasteiger partial charge < -0.3 is 4.74 Å². The summed E-state index contributed by atoms with van der Waals surface area (Å²) in [5.41, 5.74) is 2.79. The minimum atomic E-state index is -0.290. The lowest BCUT2D eigenvalue weighted by Crippen LogP contribution is -2.36. The van der Waals surface area contributed by atoms with Crippen LogP contribution in [0.5, 0.6) is 5.75 Å². The summed E-state index contributed by atoms with van der Waals surface area (Å²) in [5.74, 6) is 0.0982. The molecule has 0 unspecified atom stereocenters. The van der Waals surface area contributed by atoms with Crippen molar-refractivity contribution in [1.29, 1.82) is 0 Å². The predicted molar refractivity (Wildman–Crippen MR) is 120 cm³/mol. The number of carbonyl (C=O) groups excluding carboxylic acids is 2. The topological polar surface area (TPSA) is 46.6 Å². The molecule has 1 saturated heterocycles. The summed E-state index contributed by atoms with van der Waals surface area (Å²) in [4.78, 5) is 26.4. The summed E-state index contributed by atoms with van der Waals surface area (Å²) in [6.45, 7) is 6.15. The van der Waals surface area contributed by atoms with Gasteiger partial charge in [0.15, 0.2) is 5.75 Å². The van der Waals surface area contributed by atoms with Gasteiger partial charge in [0.2, 0.25) is 0 Å². The molecule has 2 aromatic carbocycles. The second kappa shape index (κ2) is 9.24. The van der Waals surface area contributed by atoms with E-state index in [1.807, 2.05) is 45.0 Å². The number of aryl methyl sites for hydroxylation is 1. The molecule has 4 nitrogen and oxygen atoms in total. The number of imide groups is 1. The molecule has 0 spiro atoms. The zero-order valence-corrected chi connectivity index (χ0v) is 18.7. The van der Waals surface area contributed by atoms with Gasteiger partial charge in [-0.1, -0.05) is 60.0 Å². The van der Waals surface area contributed by atoms with Crippen LogP contribution in [0.25, 0.3) is 6.08 Å². The molecular weight excluding hydrogens is 429 g/mol. The number of nitrogens with zero attached hydrogens (tertiary/aromatic N) is 1. The van der Waals surface area contributed by atoms with E-state index in [1.165, 1.54) is 4.90 Å². The van der Waals surface area contributed by atoms with Crippen molar-refractivity contribution in [2.75, 3.05) is 0 Å². The van der Waals surface area contributed by atoms with Crippen LogP contribution in [-0.4, -0.2) is 22.1 Å². The summed E-state index contributed by atoms with van der Waals surface area (Å²) in [7, 11) is 0. The highest BCUT2D eigenvalue weighted by Gasteiger charge is 2.37. The van der Waals surface area contributed by atoms with Crippen LogP contribution < -0.4 is 4.74 Å². The van der Waals surface area contributed by atoms with E-state index in [0.717, 1.165) is 22.9 Å². The average molecular weight is 450 g/mol. The Morgan fingerprint density at radius 2 is 1.86 bits per heavy atom. The first-order valence-corrected chi connectivity index (χ1v) is 10.8. The maximum absolute atomic E-state index is 12.6. The Morgan fingerprint density at radius 1 is 1.17 bits per heavy atom. The minimum Gasteiger partial charge on any atom is -0.486 e. The summed E-state index contributed by atoms with van der Waals surface area (Å²) in [6.07, 6.45) is 2.34. The Hall–Kier alpha value is -1.95. The standard InChI is InChI=1S/C22H21Cl2NO3S/c1-4-14(3)25-21(26)19(29-22(25)27)11-16-9-17(23)20(18(24)10-16)28-12-15-7-5-6-13(2)8-15/h5-11,14H,4,12H2,1-3H3/b19-11+/t14-/m1/s1. The Kier molecular flexibility index (Phi) is 6.93. The van der Waals surface area contributed by atoms with Crippen LogP contribution in [-0.2, 0) is 11.4 Å². The van der Waals surface area contributed by atoms with Crippen molar-refractivity contribution in [2.24, 2.45) is 0 Å². The maximum atomic E-state index is 12.6. The van der Waals surface area contributed by atoms with E-state index in [9.17, 15) is 9.59 Å². The number of carbonyl (C=O) groups is 2. The van der Waals surface area contributed by atoms with Crippen LogP contribution >= 0.6 is 35.0 Å². The van der Waals surface area contributed by atoms with Gasteiger partial charge in [-0.3, -0.25) is 14.5 Å². The lowest BCUT2D eigenvalue weighted by molar-refractivity contribution is -0.124. The van der Waals surface area contributed by atoms with E-state index < -0.39 is 0 Å². The molecule has 0 saturated carbocycles. The minimum absolute atomic E-state index is 0.141. The molecule has 0 aliphatic carbocycles. The van der Waals surface area contributed by atoms with Crippen molar-refractivity contribution in [1.82, 2.24) is 4.90 Å². The molecular formula is C22H21Cl2NO3S. The fourth-order valence-corrected chi connectivity index (χ4v) is 4.49. The number of amides is 2. The third-order valence-corrected chi connectivity index (χ3v) is 6.08. The highest BCUT2D eigenvalue weighted by Crippen LogP contribution is 2.38. The Balaban J connectivity index is 1.79. The molecule has 1 aliphatic rings. The fraction of sp³-hybridized carbons (Fsp3) is 0.273. The lowest BCUT2D eigenvalue weighted by Gasteiger charge is -2.19. The molecule has 29 heavy (non-hydrogen) atoms. The van der Waals surface area contributed by atoms with Gasteiger partial charge in [0.25, 0.3) is 11.1 Å². The van der Waals surface area contributed by atoms with E-state index in [4.69, 9.17) is 27.9 Å². The zero-order chi connectivity index (χ0) is 21.1. The van der Waals surface area contributed by atoms with Gasteiger partial charge in [0.05, 0.1) is 15.0 Å². The van der Waals surface area contributed by atoms with E-state index in [0.29, 0.717) is 39.3 Å². The normalized spacial score (nSPS) is 16.6. The second-order valence-electron chi connectivity index (χ2n) is 6.90. The average Bonchev–Trinajstić information content (AvgIpc) is 2.94. The van der Waals surface area contributed by atoms with E-state index >= 15 is 0 Å². The molecule has 1 heterocycles. The van der Waals surface area contributed by atoms with Gasteiger partial charge in [-0.2, -0.15) is 0 Å². The number of hydrogen-bond donors (Lipinski definition) is 0. The SMILES string of the molecule is CC[C@@H](C)N1C(=O)S/C(=C/c2cc(Cl)c(OCc3cccc(C)c3)c(Cl)c2)C1=O. The van der Waals surface area contributed by atoms with E-state index in [2.05, 4.69) is 0 Å². The first-order chi connectivity index (χ1) is 13.8. The molecule has 0 radical (unpaired) electrons. The maximum Gasteiger partial charge on any atom is 0.293 e. The Bertz CT molecular complexity index is 967. The molecule has 0 aromatic heterocycles. The highest BCUT2D eigenvalue weighted by molar-refractivity contribution is 8.18. The van der Waals surface area contributed by atoms with Crippen LogP contribution in [0.15, 0.2) is 41.3 Å². The number of benzene rings is 2. The fourth-order valence-electron chi connectivity index (χ4n) is 2.95. The third-order valence-electron chi connectivity index (χ3n) is 4.64. The smallest absolute Gasteiger partial charge is 0.293 e. The first kappa shape index (κ1) is 21.8. The zero-order valence-electron chi connectivity index (χ0n) is 16.4. The molecule has 2 amide bonds. The van der Waals surface area contributed by atoms with Crippen LogP contribution in [0, 0.1) is 6.92 Å². The third kappa shape index (κ3) is 4.97. The Labute approximate surface area is 184 Å². The van der Waals surface area contributed by atoms with Crippen LogP contribution in [0.4, 0.5) is 4.79 Å². The molecule has 1 atom stereocenters. The van der Waals surface area contributed by atoms with Gasteiger partial charge in [-0.25, -0.2) is 0 Å². The molecule has 2 aromatic rings. The summed E-state index contributed by atoms with van der Waals surface area (Å²) in [6, 6.07) is 11.2. The van der Waals surface area contributed by atoms with Crippen molar-refractivity contribution >= 4 is 52.2 Å². The Morgan fingerprint density at radius 3 is 2.48 bits per heavy atom. The second-order valence-corrected chi connectivity index (χ2v) is 8.71. The molecule has 1 aliphatic heterocycles. The van der Waals surface area contributed by atoms with Crippen molar-refractivity contribution in [2.45, 2.75) is 39.8 Å². The van der Waals surface area contributed by atoms with Gasteiger partial charge >= 0.3 is 0 Å².